The summed E-state index contributed by atoms with van der Waals surface area (Å²) in [6.07, 6.45) is 1.10. The van der Waals surface area contributed by atoms with Gasteiger partial charge in [0.2, 0.25) is 0 Å². The number of aliphatic imine (C=N–C) groups is 1. The molecule has 0 amide bonds. The second kappa shape index (κ2) is 3.41. The van der Waals surface area contributed by atoms with Gasteiger partial charge < -0.3 is 16.8 Å². The minimum atomic E-state index is 0.201. The Morgan fingerprint density at radius 1 is 1.50 bits per heavy atom. The van der Waals surface area contributed by atoms with E-state index in [-0.39, 0.29) is 5.96 Å². The van der Waals surface area contributed by atoms with Crippen molar-refractivity contribution in [3.8, 4) is 0 Å². The second-order valence-electron chi connectivity index (χ2n) is 2.62. The fraction of sp³-hybridized carbons (Fsp3) is 0.833. The van der Waals surface area contributed by atoms with Gasteiger partial charge in [0.15, 0.2) is 5.96 Å². The molecular weight excluding hydrogens is 128 g/mol. The Bertz CT molecular complexity index is 124. The third-order valence-corrected chi connectivity index (χ3v) is 1.70. The van der Waals surface area contributed by atoms with Crippen LogP contribution in [-0.4, -0.2) is 25.6 Å². The van der Waals surface area contributed by atoms with E-state index in [0.717, 1.165) is 32.0 Å². The predicted molar refractivity (Wildman–Crippen MR) is 41.7 cm³/mol. The molecule has 10 heavy (non-hydrogen) atoms. The van der Waals surface area contributed by atoms with Crippen molar-refractivity contribution in [3.05, 3.63) is 0 Å². The normalized spacial score (nSPS) is 18.0. The highest BCUT2D eigenvalue weighted by molar-refractivity contribution is 5.75. The minimum absolute atomic E-state index is 0.201. The fourth-order valence-electron chi connectivity index (χ4n) is 0.929. The van der Waals surface area contributed by atoms with Gasteiger partial charge in [-0.25, -0.2) is 0 Å². The lowest BCUT2D eigenvalue weighted by atomic mass is 10.00. The Labute approximate surface area is 60.7 Å². The van der Waals surface area contributed by atoms with Gasteiger partial charge in [-0.05, 0) is 25.4 Å². The van der Waals surface area contributed by atoms with Crippen LogP contribution in [0.4, 0.5) is 0 Å². The summed E-state index contributed by atoms with van der Waals surface area (Å²) in [6, 6.07) is 0. The highest BCUT2D eigenvalue weighted by Gasteiger charge is 2.14. The van der Waals surface area contributed by atoms with Crippen LogP contribution in [-0.2, 0) is 0 Å². The number of nitrogens with zero attached hydrogens (tertiary/aromatic N) is 1. The Balaban J connectivity index is 1.99. The van der Waals surface area contributed by atoms with Gasteiger partial charge in [-0.1, -0.05) is 0 Å². The molecule has 1 aliphatic rings. The molecule has 1 aliphatic heterocycles. The number of hydrogen-bond acceptors (Lipinski definition) is 2. The molecule has 1 saturated heterocycles. The smallest absolute Gasteiger partial charge is 0.185 e. The van der Waals surface area contributed by atoms with Gasteiger partial charge in [0, 0.05) is 6.54 Å². The molecule has 0 unspecified atom stereocenters. The van der Waals surface area contributed by atoms with Crippen molar-refractivity contribution in [2.75, 3.05) is 19.6 Å². The first kappa shape index (κ1) is 7.34. The molecule has 1 heterocycles. The molecule has 0 aromatic heterocycles. The molecule has 0 saturated carbocycles. The summed E-state index contributed by atoms with van der Waals surface area (Å²) in [5, 5.41) is 3.19. The van der Waals surface area contributed by atoms with Crippen molar-refractivity contribution in [2.24, 2.45) is 22.4 Å². The van der Waals surface area contributed by atoms with E-state index < -0.39 is 0 Å². The Kier molecular flexibility index (Phi) is 2.50. The van der Waals surface area contributed by atoms with Crippen molar-refractivity contribution in [2.45, 2.75) is 6.42 Å². The highest BCUT2D eigenvalue weighted by atomic mass is 15.0. The quantitative estimate of drug-likeness (QED) is 0.345. The van der Waals surface area contributed by atoms with Gasteiger partial charge in [0.05, 0.1) is 0 Å². The van der Waals surface area contributed by atoms with Crippen LogP contribution in [0, 0.1) is 5.92 Å². The van der Waals surface area contributed by atoms with Crippen LogP contribution in [0.2, 0.25) is 0 Å². The first-order valence-corrected chi connectivity index (χ1v) is 3.55. The molecule has 4 heteroatoms. The maximum absolute atomic E-state index is 5.15. The van der Waals surface area contributed by atoms with Crippen LogP contribution >= 0.6 is 0 Å². The van der Waals surface area contributed by atoms with Gasteiger partial charge in [-0.3, -0.25) is 4.99 Å². The van der Waals surface area contributed by atoms with E-state index in [0.29, 0.717) is 0 Å². The summed E-state index contributed by atoms with van der Waals surface area (Å²) >= 11 is 0. The Hall–Kier alpha value is -0.770. The van der Waals surface area contributed by atoms with E-state index in [1.165, 1.54) is 0 Å². The fourth-order valence-corrected chi connectivity index (χ4v) is 0.929. The van der Waals surface area contributed by atoms with Gasteiger partial charge in [0.1, 0.15) is 0 Å². The average molecular weight is 142 g/mol. The summed E-state index contributed by atoms with van der Waals surface area (Å²) in [4.78, 5) is 3.89. The van der Waals surface area contributed by atoms with E-state index in [2.05, 4.69) is 10.3 Å². The lowest BCUT2D eigenvalue weighted by Crippen LogP contribution is -2.42. The highest BCUT2D eigenvalue weighted by Crippen LogP contribution is 2.07. The molecule has 0 aromatic carbocycles. The van der Waals surface area contributed by atoms with E-state index in [1.807, 2.05) is 0 Å². The average Bonchev–Trinajstić information content (AvgIpc) is 1.75. The van der Waals surface area contributed by atoms with Crippen LogP contribution in [0.5, 0.6) is 0 Å². The molecule has 0 bridgehead atoms. The molecule has 0 radical (unpaired) electrons. The van der Waals surface area contributed by atoms with Gasteiger partial charge in [0.25, 0.3) is 0 Å². The van der Waals surface area contributed by atoms with Crippen LogP contribution in [0.3, 0.4) is 0 Å². The number of guanidine groups is 1. The third kappa shape index (κ3) is 2.23. The van der Waals surface area contributed by atoms with Crippen LogP contribution in [0.1, 0.15) is 6.42 Å². The molecule has 0 aromatic rings. The zero-order valence-corrected chi connectivity index (χ0v) is 6.01. The first-order chi connectivity index (χ1) is 4.79. The summed E-state index contributed by atoms with van der Waals surface area (Å²) < 4.78 is 0. The summed E-state index contributed by atoms with van der Waals surface area (Å²) in [6.45, 7) is 3.02. The first-order valence-electron chi connectivity index (χ1n) is 3.55. The van der Waals surface area contributed by atoms with E-state index in [1.54, 1.807) is 0 Å². The maximum Gasteiger partial charge on any atom is 0.185 e. The second-order valence-corrected chi connectivity index (χ2v) is 2.62. The Morgan fingerprint density at radius 2 is 2.20 bits per heavy atom. The third-order valence-electron chi connectivity index (χ3n) is 1.70. The number of rotatable bonds is 3. The van der Waals surface area contributed by atoms with Crippen LogP contribution in [0.25, 0.3) is 0 Å². The molecule has 4 nitrogen and oxygen atoms in total. The van der Waals surface area contributed by atoms with E-state index >= 15 is 0 Å². The molecule has 1 rings (SSSR count). The largest absolute Gasteiger partial charge is 0.370 e. The maximum atomic E-state index is 5.15. The summed E-state index contributed by atoms with van der Waals surface area (Å²) in [7, 11) is 0. The molecule has 0 spiro atoms. The molecular formula is C6H14N4. The zero-order chi connectivity index (χ0) is 7.40. The van der Waals surface area contributed by atoms with Crippen molar-refractivity contribution < 1.29 is 0 Å². The molecule has 5 N–H and O–H groups in total. The number of hydrogen-bond donors (Lipinski definition) is 3. The van der Waals surface area contributed by atoms with Crippen molar-refractivity contribution in [1.82, 2.24) is 5.32 Å². The van der Waals surface area contributed by atoms with Gasteiger partial charge in [-0.2, -0.15) is 0 Å². The number of nitrogens with one attached hydrogen (secondary N) is 1. The van der Waals surface area contributed by atoms with E-state index in [9.17, 15) is 0 Å². The van der Waals surface area contributed by atoms with Crippen molar-refractivity contribution in [1.29, 1.82) is 0 Å². The van der Waals surface area contributed by atoms with Crippen LogP contribution < -0.4 is 16.8 Å². The molecule has 58 valence electrons. The molecule has 1 fully saturated rings. The number of nitrogens with two attached hydrogens (primary N) is 2. The SMILES string of the molecule is NC(N)=NCCC1CNC1. The summed E-state index contributed by atoms with van der Waals surface area (Å²) in [5.41, 5.74) is 10.3. The van der Waals surface area contributed by atoms with Gasteiger partial charge >= 0.3 is 0 Å². The van der Waals surface area contributed by atoms with Crippen LogP contribution in [0.15, 0.2) is 4.99 Å². The standard InChI is InChI=1S/C6H14N4/c7-6(8)10-2-1-5-3-9-4-5/h5,9H,1-4H2,(H4,7,8,10). The summed E-state index contributed by atoms with van der Waals surface area (Å²) in [5.74, 6) is 0.996. The van der Waals surface area contributed by atoms with Crippen molar-refractivity contribution >= 4 is 5.96 Å². The molecule has 0 atom stereocenters. The lowest BCUT2D eigenvalue weighted by Gasteiger charge is -2.26. The van der Waals surface area contributed by atoms with Crippen molar-refractivity contribution in [3.63, 3.8) is 0 Å². The Morgan fingerprint density at radius 3 is 2.60 bits per heavy atom. The van der Waals surface area contributed by atoms with E-state index in [4.69, 9.17) is 11.5 Å². The molecule has 0 aliphatic carbocycles. The zero-order valence-electron chi connectivity index (χ0n) is 6.01. The monoisotopic (exact) mass is 142 g/mol. The topological polar surface area (TPSA) is 76.4 Å². The lowest BCUT2D eigenvalue weighted by molar-refractivity contribution is 0.332. The predicted octanol–water partition coefficient (Wildman–Crippen LogP) is -1.13. The van der Waals surface area contributed by atoms with Gasteiger partial charge in [-0.15, -0.1) is 0 Å². The minimum Gasteiger partial charge on any atom is -0.370 e.